The smallest absolute Gasteiger partial charge is 0.142 e. The lowest BCUT2D eigenvalue weighted by Gasteiger charge is -2.22. The number of hydrogen-bond acceptors (Lipinski definition) is 3. The van der Waals surface area contributed by atoms with E-state index in [4.69, 9.17) is 4.74 Å². The summed E-state index contributed by atoms with van der Waals surface area (Å²) in [5.41, 5.74) is 7.51. The van der Waals surface area contributed by atoms with Gasteiger partial charge in [0.1, 0.15) is 12.4 Å². The van der Waals surface area contributed by atoms with E-state index in [1.807, 2.05) is 6.20 Å². The number of hydrogen-bond donors (Lipinski definition) is 2. The summed E-state index contributed by atoms with van der Waals surface area (Å²) in [7, 11) is 0. The van der Waals surface area contributed by atoms with E-state index in [1.165, 1.54) is 22.3 Å². The highest BCUT2D eigenvalue weighted by Gasteiger charge is 2.20. The predicted octanol–water partition coefficient (Wildman–Crippen LogP) is 4.21. The van der Waals surface area contributed by atoms with E-state index in [2.05, 4.69) is 65.5 Å². The van der Waals surface area contributed by atoms with E-state index in [0.29, 0.717) is 0 Å². The molecule has 1 unspecified atom stereocenters. The molecule has 3 aromatic rings. The fourth-order valence-electron chi connectivity index (χ4n) is 3.54. The monoisotopic (exact) mass is 333 g/mol. The second-order valence-corrected chi connectivity index (χ2v) is 6.66. The molecular formula is C21H23N3O. The van der Waals surface area contributed by atoms with Crippen molar-refractivity contribution in [2.45, 2.75) is 26.2 Å². The lowest BCUT2D eigenvalue weighted by molar-refractivity contribution is 0.323. The van der Waals surface area contributed by atoms with Crippen LogP contribution < -0.4 is 10.1 Å². The maximum atomic E-state index is 5.80. The van der Waals surface area contributed by atoms with Crippen molar-refractivity contribution in [2.24, 2.45) is 0 Å². The molecule has 0 fully saturated rings. The Morgan fingerprint density at radius 2 is 2.12 bits per heavy atom. The van der Waals surface area contributed by atoms with Crippen LogP contribution in [-0.4, -0.2) is 23.1 Å². The molecule has 25 heavy (non-hydrogen) atoms. The summed E-state index contributed by atoms with van der Waals surface area (Å²) < 4.78 is 5.80. The van der Waals surface area contributed by atoms with E-state index in [1.54, 1.807) is 6.33 Å². The molecule has 4 heteroatoms. The van der Waals surface area contributed by atoms with Crippen LogP contribution in [0.1, 0.15) is 33.9 Å². The topological polar surface area (TPSA) is 49.9 Å². The maximum absolute atomic E-state index is 5.80. The largest absolute Gasteiger partial charge is 0.490 e. The molecule has 4 nitrogen and oxygen atoms in total. The van der Waals surface area contributed by atoms with Crippen molar-refractivity contribution in [2.75, 3.05) is 18.5 Å². The van der Waals surface area contributed by atoms with Gasteiger partial charge in [0.2, 0.25) is 0 Å². The molecule has 0 amide bonds. The number of anilines is 1. The first-order valence-corrected chi connectivity index (χ1v) is 8.76. The van der Waals surface area contributed by atoms with Gasteiger partial charge in [-0.1, -0.05) is 24.3 Å². The molecule has 0 aliphatic carbocycles. The van der Waals surface area contributed by atoms with E-state index in [-0.39, 0.29) is 5.92 Å². The standard InChI is InChI=1S/C21H23N3O/c1-14-4-3-5-17(15(14)2)18(20-12-22-13-24-20)10-16-6-7-19-21(11-16)25-9-8-23-19/h3-7,11-13,18,23H,8-10H2,1-2H3,(H,22,24). The van der Waals surface area contributed by atoms with Gasteiger partial charge < -0.3 is 15.0 Å². The summed E-state index contributed by atoms with van der Waals surface area (Å²) in [6, 6.07) is 13.0. The average Bonchev–Trinajstić information content (AvgIpc) is 3.17. The van der Waals surface area contributed by atoms with Gasteiger partial charge in [0.15, 0.2) is 0 Å². The number of aromatic nitrogens is 2. The minimum absolute atomic E-state index is 0.247. The van der Waals surface area contributed by atoms with Gasteiger partial charge in [0.05, 0.1) is 12.0 Å². The highest BCUT2D eigenvalue weighted by molar-refractivity contribution is 5.59. The molecule has 0 spiro atoms. The summed E-state index contributed by atoms with van der Waals surface area (Å²) >= 11 is 0. The first kappa shape index (κ1) is 15.8. The van der Waals surface area contributed by atoms with Gasteiger partial charge in [0, 0.05) is 24.4 Å². The van der Waals surface area contributed by atoms with Crippen LogP contribution in [0.25, 0.3) is 0 Å². The van der Waals surface area contributed by atoms with Crippen LogP contribution in [0.2, 0.25) is 0 Å². The number of nitrogens with one attached hydrogen (secondary N) is 2. The summed E-state index contributed by atoms with van der Waals surface area (Å²) in [6.07, 6.45) is 4.60. The molecule has 0 saturated carbocycles. The molecule has 2 aromatic carbocycles. The van der Waals surface area contributed by atoms with E-state index < -0.39 is 0 Å². The minimum atomic E-state index is 0.247. The Balaban J connectivity index is 1.71. The molecule has 0 radical (unpaired) electrons. The molecule has 1 aliphatic rings. The third-order valence-electron chi connectivity index (χ3n) is 5.08. The molecule has 0 saturated heterocycles. The number of ether oxygens (including phenoxy) is 1. The van der Waals surface area contributed by atoms with Gasteiger partial charge in [-0.25, -0.2) is 4.98 Å². The molecule has 2 N–H and O–H groups in total. The molecular weight excluding hydrogens is 310 g/mol. The number of H-pyrrole nitrogens is 1. The molecule has 128 valence electrons. The van der Waals surface area contributed by atoms with Crippen LogP contribution in [0.15, 0.2) is 48.9 Å². The van der Waals surface area contributed by atoms with Crippen LogP contribution in [0, 0.1) is 13.8 Å². The Bertz CT molecular complexity index is 871. The third kappa shape index (κ3) is 3.12. The van der Waals surface area contributed by atoms with E-state index in [9.17, 15) is 0 Å². The van der Waals surface area contributed by atoms with Gasteiger partial charge >= 0.3 is 0 Å². The number of benzene rings is 2. The van der Waals surface area contributed by atoms with Gasteiger partial charge in [-0.15, -0.1) is 0 Å². The molecule has 2 heterocycles. The third-order valence-corrected chi connectivity index (χ3v) is 5.08. The van der Waals surface area contributed by atoms with E-state index >= 15 is 0 Å². The second-order valence-electron chi connectivity index (χ2n) is 6.66. The summed E-state index contributed by atoms with van der Waals surface area (Å²) in [4.78, 5) is 7.55. The average molecular weight is 333 g/mol. The van der Waals surface area contributed by atoms with Crippen LogP contribution in [0.3, 0.4) is 0 Å². The van der Waals surface area contributed by atoms with Crippen LogP contribution >= 0.6 is 0 Å². The molecule has 4 rings (SSSR count). The second kappa shape index (κ2) is 6.63. The lowest BCUT2D eigenvalue weighted by Crippen LogP contribution is -2.18. The van der Waals surface area contributed by atoms with Crippen molar-refractivity contribution in [3.8, 4) is 5.75 Å². The van der Waals surface area contributed by atoms with Crippen molar-refractivity contribution < 1.29 is 4.74 Å². The van der Waals surface area contributed by atoms with Crippen molar-refractivity contribution in [1.29, 1.82) is 0 Å². The van der Waals surface area contributed by atoms with Gasteiger partial charge in [0.25, 0.3) is 0 Å². The van der Waals surface area contributed by atoms with Crippen LogP contribution in [0.4, 0.5) is 5.69 Å². The minimum Gasteiger partial charge on any atom is -0.490 e. The lowest BCUT2D eigenvalue weighted by atomic mass is 9.85. The molecule has 1 aliphatic heterocycles. The zero-order valence-electron chi connectivity index (χ0n) is 14.7. The van der Waals surface area contributed by atoms with Crippen molar-refractivity contribution in [3.63, 3.8) is 0 Å². The Kier molecular flexibility index (Phi) is 4.18. The predicted molar refractivity (Wildman–Crippen MR) is 100 cm³/mol. The summed E-state index contributed by atoms with van der Waals surface area (Å²) in [6.45, 7) is 5.96. The number of aryl methyl sites for hydroxylation is 1. The highest BCUT2D eigenvalue weighted by Crippen LogP contribution is 2.34. The summed E-state index contributed by atoms with van der Waals surface area (Å²) in [5, 5.41) is 3.38. The SMILES string of the molecule is Cc1cccc(C(Cc2ccc3c(c2)OCCN3)c2cnc[nH]2)c1C. The number of fused-ring (bicyclic) bond motifs is 1. The molecule has 1 aromatic heterocycles. The Labute approximate surface area is 148 Å². The number of nitrogens with zero attached hydrogens (tertiary/aromatic N) is 1. The summed E-state index contributed by atoms with van der Waals surface area (Å²) in [5.74, 6) is 1.20. The maximum Gasteiger partial charge on any atom is 0.142 e. The number of aromatic amines is 1. The number of imidazole rings is 1. The van der Waals surface area contributed by atoms with E-state index in [0.717, 1.165) is 36.7 Å². The van der Waals surface area contributed by atoms with Crippen LogP contribution in [-0.2, 0) is 6.42 Å². The van der Waals surface area contributed by atoms with Crippen LogP contribution in [0.5, 0.6) is 5.75 Å². The van der Waals surface area contributed by atoms with Gasteiger partial charge in [-0.05, 0) is 54.7 Å². The molecule has 0 bridgehead atoms. The van der Waals surface area contributed by atoms with Crippen molar-refractivity contribution in [1.82, 2.24) is 9.97 Å². The zero-order chi connectivity index (χ0) is 17.2. The quantitative estimate of drug-likeness (QED) is 0.752. The number of rotatable bonds is 4. The van der Waals surface area contributed by atoms with Crippen molar-refractivity contribution >= 4 is 5.69 Å². The first-order chi connectivity index (χ1) is 12.2. The highest BCUT2D eigenvalue weighted by atomic mass is 16.5. The Morgan fingerprint density at radius 1 is 1.20 bits per heavy atom. The fraction of sp³-hybridized carbons (Fsp3) is 0.286. The van der Waals surface area contributed by atoms with Gasteiger partial charge in [-0.3, -0.25) is 0 Å². The zero-order valence-corrected chi connectivity index (χ0v) is 14.7. The van der Waals surface area contributed by atoms with Crippen molar-refractivity contribution in [3.05, 3.63) is 76.9 Å². The normalized spacial score (nSPS) is 14.3. The Morgan fingerprint density at radius 3 is 2.96 bits per heavy atom. The first-order valence-electron chi connectivity index (χ1n) is 8.76. The fourth-order valence-corrected chi connectivity index (χ4v) is 3.54. The Hall–Kier alpha value is -2.75. The molecule has 1 atom stereocenters. The van der Waals surface area contributed by atoms with Gasteiger partial charge in [-0.2, -0.15) is 0 Å².